The zero-order valence-electron chi connectivity index (χ0n) is 19.0. The van der Waals surface area contributed by atoms with Crippen LogP contribution in [0.25, 0.3) is 10.2 Å². The lowest BCUT2D eigenvalue weighted by atomic mass is 10.0. The van der Waals surface area contributed by atoms with Crippen LogP contribution in [0.1, 0.15) is 30.9 Å². The highest BCUT2D eigenvalue weighted by molar-refractivity contribution is 8.01. The topological polar surface area (TPSA) is 88.2 Å². The van der Waals surface area contributed by atoms with Gasteiger partial charge >= 0.3 is 0 Å². The number of thiazole rings is 1. The van der Waals surface area contributed by atoms with E-state index in [1.807, 2.05) is 31.2 Å². The smallest absolute Gasteiger partial charge is 0.261 e. The molecule has 4 rings (SSSR count). The van der Waals surface area contributed by atoms with Gasteiger partial charge in [0.25, 0.3) is 10.0 Å². The normalized spacial score (nSPS) is 11.6. The molecule has 1 heterocycles. The Bertz CT molecular complexity index is 1410. The zero-order valence-corrected chi connectivity index (χ0v) is 21.5. The van der Waals surface area contributed by atoms with E-state index in [0.717, 1.165) is 25.8 Å². The number of hydrogen-bond acceptors (Lipinski definition) is 6. The van der Waals surface area contributed by atoms with E-state index < -0.39 is 10.0 Å². The van der Waals surface area contributed by atoms with Crippen molar-refractivity contribution in [3.05, 3.63) is 77.9 Å². The van der Waals surface area contributed by atoms with E-state index in [-0.39, 0.29) is 16.6 Å². The molecule has 1 amide bonds. The molecule has 0 aliphatic carbocycles. The lowest BCUT2D eigenvalue weighted by molar-refractivity contribution is -0.113. The summed E-state index contributed by atoms with van der Waals surface area (Å²) in [5.74, 6) is 0.574. The number of anilines is 2. The Hall–Kier alpha value is -2.88. The number of amides is 1. The number of aromatic nitrogens is 1. The molecule has 6 nitrogen and oxygen atoms in total. The fraction of sp³-hybridized carbons (Fsp3) is 0.200. The molecule has 0 atom stereocenters. The predicted molar refractivity (Wildman–Crippen MR) is 141 cm³/mol. The van der Waals surface area contributed by atoms with Gasteiger partial charge in [-0.15, -0.1) is 11.3 Å². The first-order chi connectivity index (χ1) is 16.2. The number of fused-ring (bicyclic) bond motifs is 1. The molecule has 2 N–H and O–H groups in total. The van der Waals surface area contributed by atoms with Crippen LogP contribution in [-0.4, -0.2) is 25.1 Å². The summed E-state index contributed by atoms with van der Waals surface area (Å²) in [6, 6.07) is 19.8. The Morgan fingerprint density at radius 3 is 2.35 bits per heavy atom. The van der Waals surface area contributed by atoms with Crippen molar-refractivity contribution in [1.29, 1.82) is 0 Å². The van der Waals surface area contributed by atoms with Crippen molar-refractivity contribution < 1.29 is 13.2 Å². The van der Waals surface area contributed by atoms with Gasteiger partial charge in [0.05, 0.1) is 26.6 Å². The Morgan fingerprint density at radius 2 is 1.68 bits per heavy atom. The number of hydrogen-bond donors (Lipinski definition) is 2. The summed E-state index contributed by atoms with van der Waals surface area (Å²) >= 11 is 2.78. The monoisotopic (exact) mass is 511 g/mol. The van der Waals surface area contributed by atoms with Crippen LogP contribution < -0.4 is 10.0 Å². The fourth-order valence-electron chi connectivity index (χ4n) is 3.24. The molecule has 4 aromatic rings. The van der Waals surface area contributed by atoms with Gasteiger partial charge in [0.15, 0.2) is 4.34 Å². The standard InChI is InChI=1S/C25H25N3O3S3/c1-16(2)18-6-8-19(9-7-18)26-24(29)15-32-25-27-22-13-10-20(14-23(22)33-25)28-34(30,31)21-11-4-17(3)5-12-21/h4-14,16,28H,15H2,1-3H3,(H,26,29). The van der Waals surface area contributed by atoms with Crippen LogP contribution >= 0.6 is 23.1 Å². The first-order valence-electron chi connectivity index (χ1n) is 10.7. The molecule has 0 radical (unpaired) electrons. The Labute approximate surface area is 207 Å². The first kappa shape index (κ1) is 24.3. The van der Waals surface area contributed by atoms with Gasteiger partial charge in [0, 0.05) is 5.69 Å². The third-order valence-corrected chi connectivity index (χ3v) is 8.70. The van der Waals surface area contributed by atoms with Crippen LogP contribution in [0.15, 0.2) is 76.0 Å². The second-order valence-corrected chi connectivity index (χ2v) is 12.1. The minimum atomic E-state index is -3.67. The van der Waals surface area contributed by atoms with E-state index in [0.29, 0.717) is 11.6 Å². The van der Waals surface area contributed by atoms with Crippen molar-refractivity contribution in [2.45, 2.75) is 35.9 Å². The van der Waals surface area contributed by atoms with Gasteiger partial charge in [-0.3, -0.25) is 9.52 Å². The second-order valence-electron chi connectivity index (χ2n) is 8.19. The summed E-state index contributed by atoms with van der Waals surface area (Å²) in [5, 5.41) is 2.91. The summed E-state index contributed by atoms with van der Waals surface area (Å²) in [6.45, 7) is 6.17. The van der Waals surface area contributed by atoms with Gasteiger partial charge in [-0.25, -0.2) is 13.4 Å². The number of carbonyl (C=O) groups excluding carboxylic acids is 1. The van der Waals surface area contributed by atoms with E-state index in [9.17, 15) is 13.2 Å². The molecule has 0 aliphatic rings. The molecule has 176 valence electrons. The van der Waals surface area contributed by atoms with Crippen molar-refractivity contribution in [2.24, 2.45) is 0 Å². The molecule has 0 saturated heterocycles. The van der Waals surface area contributed by atoms with Crippen LogP contribution in [0.3, 0.4) is 0 Å². The van der Waals surface area contributed by atoms with Gasteiger partial charge in [0.2, 0.25) is 5.91 Å². The predicted octanol–water partition coefficient (Wildman–Crippen LogP) is 6.26. The molecular weight excluding hydrogens is 486 g/mol. The lowest BCUT2D eigenvalue weighted by Crippen LogP contribution is -2.13. The third kappa shape index (κ3) is 5.97. The molecular formula is C25H25N3O3S3. The van der Waals surface area contributed by atoms with Crippen molar-refractivity contribution in [2.75, 3.05) is 15.8 Å². The highest BCUT2D eigenvalue weighted by atomic mass is 32.2. The Kier molecular flexibility index (Phi) is 7.25. The van der Waals surface area contributed by atoms with Crippen molar-refractivity contribution >= 4 is 60.6 Å². The quantitative estimate of drug-likeness (QED) is 0.273. The second kappa shape index (κ2) is 10.2. The number of nitrogens with zero attached hydrogens (tertiary/aromatic N) is 1. The fourth-order valence-corrected chi connectivity index (χ4v) is 6.19. The average Bonchev–Trinajstić information content (AvgIpc) is 3.20. The first-order valence-corrected chi connectivity index (χ1v) is 14.0. The van der Waals surface area contributed by atoms with Crippen molar-refractivity contribution in [3.63, 3.8) is 0 Å². The summed E-state index contributed by atoms with van der Waals surface area (Å²) in [4.78, 5) is 17.1. The molecule has 3 aromatic carbocycles. The molecule has 0 saturated carbocycles. The summed E-state index contributed by atoms with van der Waals surface area (Å²) in [5.41, 5.74) is 4.21. The number of thioether (sulfide) groups is 1. The van der Waals surface area contributed by atoms with Crippen molar-refractivity contribution in [3.8, 4) is 0 Å². The van der Waals surface area contributed by atoms with Crippen LogP contribution in [0.4, 0.5) is 11.4 Å². The number of rotatable bonds is 8. The van der Waals surface area contributed by atoms with Gasteiger partial charge in [-0.1, -0.05) is 55.4 Å². The molecule has 34 heavy (non-hydrogen) atoms. The summed E-state index contributed by atoms with van der Waals surface area (Å²) in [7, 11) is -3.67. The van der Waals surface area contributed by atoms with Crippen LogP contribution in [0, 0.1) is 6.92 Å². The minimum Gasteiger partial charge on any atom is -0.325 e. The Morgan fingerprint density at radius 1 is 1.00 bits per heavy atom. The number of benzene rings is 3. The maximum atomic E-state index is 12.7. The number of aryl methyl sites for hydroxylation is 1. The average molecular weight is 512 g/mol. The van der Waals surface area contributed by atoms with Crippen LogP contribution in [-0.2, 0) is 14.8 Å². The molecule has 0 aliphatic heterocycles. The Balaban J connectivity index is 1.39. The molecule has 1 aromatic heterocycles. The van der Waals surface area contributed by atoms with Gasteiger partial charge < -0.3 is 5.32 Å². The minimum absolute atomic E-state index is 0.104. The number of sulfonamides is 1. The molecule has 0 bridgehead atoms. The van der Waals surface area contributed by atoms with Crippen LogP contribution in [0.2, 0.25) is 0 Å². The van der Waals surface area contributed by atoms with Gasteiger partial charge in [0.1, 0.15) is 0 Å². The molecule has 9 heteroatoms. The van der Waals surface area contributed by atoms with E-state index in [1.165, 1.54) is 28.7 Å². The molecule has 0 unspecified atom stereocenters. The van der Waals surface area contributed by atoms with Crippen LogP contribution in [0.5, 0.6) is 0 Å². The SMILES string of the molecule is Cc1ccc(S(=O)(=O)Nc2ccc3nc(SCC(=O)Nc4ccc(C(C)C)cc4)sc3c2)cc1. The van der Waals surface area contributed by atoms with E-state index in [1.54, 1.807) is 42.5 Å². The van der Waals surface area contributed by atoms with E-state index in [2.05, 4.69) is 28.9 Å². The molecule has 0 spiro atoms. The highest BCUT2D eigenvalue weighted by Crippen LogP contribution is 2.32. The third-order valence-electron chi connectivity index (χ3n) is 5.14. The zero-order chi connectivity index (χ0) is 24.3. The number of carbonyl (C=O) groups is 1. The maximum absolute atomic E-state index is 12.7. The van der Waals surface area contributed by atoms with E-state index >= 15 is 0 Å². The lowest BCUT2D eigenvalue weighted by Gasteiger charge is -2.08. The van der Waals surface area contributed by atoms with Gasteiger partial charge in [-0.2, -0.15) is 0 Å². The van der Waals surface area contributed by atoms with Crippen molar-refractivity contribution in [1.82, 2.24) is 4.98 Å². The van der Waals surface area contributed by atoms with E-state index in [4.69, 9.17) is 0 Å². The highest BCUT2D eigenvalue weighted by Gasteiger charge is 2.15. The largest absolute Gasteiger partial charge is 0.325 e. The maximum Gasteiger partial charge on any atom is 0.261 e. The molecule has 0 fully saturated rings. The van der Waals surface area contributed by atoms with Gasteiger partial charge in [-0.05, 0) is 60.9 Å². The number of nitrogens with one attached hydrogen (secondary N) is 2. The summed E-state index contributed by atoms with van der Waals surface area (Å²) in [6.07, 6.45) is 0. The summed E-state index contributed by atoms with van der Waals surface area (Å²) < 4.78 is 29.5.